The van der Waals surface area contributed by atoms with Crippen molar-refractivity contribution in [3.8, 4) is 0 Å². The van der Waals surface area contributed by atoms with Crippen LogP contribution in [0.5, 0.6) is 0 Å². The monoisotopic (exact) mass is 372 g/mol. The Hall–Kier alpha value is -2.13. The number of nitrogens with zero attached hydrogens (tertiary/aromatic N) is 4. The van der Waals surface area contributed by atoms with Crippen LogP contribution in [0.25, 0.3) is 0 Å². The Labute approximate surface area is 147 Å². The zero-order valence-electron chi connectivity index (χ0n) is 13.1. The van der Waals surface area contributed by atoms with Gasteiger partial charge in [0.05, 0.1) is 23.1 Å². The number of hydrogen-bond acceptors (Lipinski definition) is 6. The highest BCUT2D eigenvalue weighted by atomic mass is 35.5. The summed E-state index contributed by atoms with van der Waals surface area (Å²) < 4.78 is 39.5. The van der Waals surface area contributed by atoms with Gasteiger partial charge in [-0.15, -0.1) is 5.10 Å². The number of alkyl halides is 3. The van der Waals surface area contributed by atoms with Crippen molar-refractivity contribution in [1.82, 2.24) is 15.2 Å². The number of nitrogens with one attached hydrogen (secondary N) is 1. The number of pyridine rings is 1. The highest BCUT2D eigenvalue weighted by molar-refractivity contribution is 6.35. The van der Waals surface area contributed by atoms with Crippen molar-refractivity contribution in [2.75, 3.05) is 23.4 Å². The summed E-state index contributed by atoms with van der Waals surface area (Å²) in [6.07, 6.45) is -0.416. The standard InChI is InChI=1S/C15H16ClF3N6/c16-12-11(8-22-24-14(12)23-20)25-6-3-9(4-7-25)13-10(15(17,18)19)2-1-5-21-13/h1-2,5,8-9H,3-4,6-7,20H2,(H,23,24). The lowest BCUT2D eigenvalue weighted by atomic mass is 9.90. The molecule has 1 aliphatic rings. The van der Waals surface area contributed by atoms with Crippen LogP contribution in [0, 0.1) is 0 Å². The summed E-state index contributed by atoms with van der Waals surface area (Å²) in [7, 11) is 0. The van der Waals surface area contributed by atoms with Crippen LogP contribution in [0.1, 0.15) is 30.0 Å². The van der Waals surface area contributed by atoms with Crippen molar-refractivity contribution in [2.24, 2.45) is 5.84 Å². The van der Waals surface area contributed by atoms with E-state index in [0.717, 1.165) is 6.07 Å². The third-order valence-corrected chi connectivity index (χ3v) is 4.65. The van der Waals surface area contributed by atoms with Crippen molar-refractivity contribution in [3.63, 3.8) is 0 Å². The summed E-state index contributed by atoms with van der Waals surface area (Å²) in [5.74, 6) is 5.33. The van der Waals surface area contributed by atoms with Gasteiger partial charge in [-0.25, -0.2) is 5.84 Å². The molecule has 0 amide bonds. The summed E-state index contributed by atoms with van der Waals surface area (Å²) in [5.41, 5.74) is 2.47. The quantitative estimate of drug-likeness (QED) is 0.636. The molecular weight excluding hydrogens is 357 g/mol. The van der Waals surface area contributed by atoms with E-state index in [9.17, 15) is 13.2 Å². The predicted molar refractivity (Wildman–Crippen MR) is 88.3 cm³/mol. The normalized spacial score (nSPS) is 16.1. The second-order valence-corrected chi connectivity index (χ2v) is 6.11. The topological polar surface area (TPSA) is 80.0 Å². The van der Waals surface area contributed by atoms with Crippen LogP contribution in [0.2, 0.25) is 5.02 Å². The van der Waals surface area contributed by atoms with E-state index in [1.54, 1.807) is 0 Å². The van der Waals surface area contributed by atoms with Crippen LogP contribution in [-0.4, -0.2) is 28.3 Å². The number of hydrazine groups is 1. The number of nitrogens with two attached hydrogens (primary N) is 1. The van der Waals surface area contributed by atoms with E-state index in [4.69, 9.17) is 17.4 Å². The van der Waals surface area contributed by atoms with Crippen LogP contribution in [0.3, 0.4) is 0 Å². The number of piperidine rings is 1. The molecule has 1 fully saturated rings. The first kappa shape index (κ1) is 17.7. The number of nitrogen functional groups attached to an aromatic ring is 1. The molecule has 0 saturated carbocycles. The number of halogens is 4. The third kappa shape index (κ3) is 3.62. The fraction of sp³-hybridized carbons (Fsp3) is 0.400. The molecule has 1 aliphatic heterocycles. The summed E-state index contributed by atoms with van der Waals surface area (Å²) in [6.45, 7) is 1.07. The van der Waals surface area contributed by atoms with Crippen LogP contribution in [0.15, 0.2) is 24.5 Å². The van der Waals surface area contributed by atoms with Crippen molar-refractivity contribution in [3.05, 3.63) is 40.8 Å². The maximum atomic E-state index is 13.2. The molecule has 10 heteroatoms. The lowest BCUT2D eigenvalue weighted by Crippen LogP contribution is -2.34. The van der Waals surface area contributed by atoms with Gasteiger partial charge in [0, 0.05) is 25.2 Å². The van der Waals surface area contributed by atoms with Gasteiger partial charge in [-0.3, -0.25) is 4.98 Å². The van der Waals surface area contributed by atoms with E-state index < -0.39 is 11.7 Å². The van der Waals surface area contributed by atoms with E-state index in [1.165, 1.54) is 18.5 Å². The summed E-state index contributed by atoms with van der Waals surface area (Å²) in [5, 5.41) is 7.95. The fourth-order valence-electron chi connectivity index (χ4n) is 3.05. The Balaban J connectivity index is 1.78. The SMILES string of the molecule is NNc1nncc(N2CCC(c3ncccc3C(F)(F)F)CC2)c1Cl. The Kier molecular flexibility index (Phi) is 4.96. The van der Waals surface area contributed by atoms with Crippen LogP contribution >= 0.6 is 11.6 Å². The minimum Gasteiger partial charge on any atom is -0.369 e. The molecule has 0 aliphatic carbocycles. The molecule has 0 bridgehead atoms. The second-order valence-electron chi connectivity index (χ2n) is 5.73. The highest BCUT2D eigenvalue weighted by Crippen LogP contribution is 2.39. The van der Waals surface area contributed by atoms with Gasteiger partial charge in [0.25, 0.3) is 0 Å². The average Bonchev–Trinajstić information content (AvgIpc) is 2.61. The largest absolute Gasteiger partial charge is 0.418 e. The number of aromatic nitrogens is 3. The first-order valence-corrected chi connectivity index (χ1v) is 8.04. The lowest BCUT2D eigenvalue weighted by molar-refractivity contribution is -0.138. The fourth-order valence-corrected chi connectivity index (χ4v) is 3.31. The van der Waals surface area contributed by atoms with E-state index in [2.05, 4.69) is 20.6 Å². The molecular formula is C15H16ClF3N6. The van der Waals surface area contributed by atoms with E-state index in [0.29, 0.717) is 36.6 Å². The Morgan fingerprint density at radius 2 is 2.00 bits per heavy atom. The molecule has 3 N–H and O–H groups in total. The van der Waals surface area contributed by atoms with Crippen molar-refractivity contribution >= 4 is 23.1 Å². The second kappa shape index (κ2) is 7.01. The third-order valence-electron chi connectivity index (χ3n) is 4.27. The van der Waals surface area contributed by atoms with Crippen molar-refractivity contribution in [2.45, 2.75) is 24.9 Å². The molecule has 3 rings (SSSR count). The van der Waals surface area contributed by atoms with Gasteiger partial charge in [0.2, 0.25) is 0 Å². The summed E-state index contributed by atoms with van der Waals surface area (Å²) in [4.78, 5) is 5.96. The zero-order chi connectivity index (χ0) is 18.0. The van der Waals surface area contributed by atoms with Gasteiger partial charge in [-0.05, 0) is 25.0 Å². The number of hydrogen-bond donors (Lipinski definition) is 2. The van der Waals surface area contributed by atoms with Crippen molar-refractivity contribution < 1.29 is 13.2 Å². The zero-order valence-corrected chi connectivity index (χ0v) is 13.8. The number of anilines is 2. The van der Waals surface area contributed by atoms with E-state index in [-0.39, 0.29) is 17.4 Å². The summed E-state index contributed by atoms with van der Waals surface area (Å²) >= 11 is 6.23. The Morgan fingerprint density at radius 1 is 1.28 bits per heavy atom. The van der Waals surface area contributed by atoms with Gasteiger partial charge in [0.15, 0.2) is 5.82 Å². The molecule has 2 aromatic rings. The first-order chi connectivity index (χ1) is 11.9. The van der Waals surface area contributed by atoms with Crippen LogP contribution in [-0.2, 0) is 6.18 Å². The van der Waals surface area contributed by atoms with Gasteiger partial charge < -0.3 is 10.3 Å². The Bertz CT molecular complexity index is 746. The molecule has 0 aromatic carbocycles. The molecule has 1 saturated heterocycles. The average molecular weight is 373 g/mol. The molecule has 25 heavy (non-hydrogen) atoms. The minimum atomic E-state index is -4.40. The molecule has 134 valence electrons. The van der Waals surface area contributed by atoms with Gasteiger partial charge in [-0.2, -0.15) is 18.3 Å². The molecule has 0 radical (unpaired) electrons. The molecule has 0 spiro atoms. The smallest absolute Gasteiger partial charge is 0.369 e. The molecule has 3 heterocycles. The van der Waals surface area contributed by atoms with E-state index in [1.807, 2.05) is 4.90 Å². The predicted octanol–water partition coefficient (Wildman–Crippen LogP) is 3.21. The first-order valence-electron chi connectivity index (χ1n) is 7.66. The highest BCUT2D eigenvalue weighted by Gasteiger charge is 2.37. The minimum absolute atomic E-state index is 0.109. The molecule has 2 aromatic heterocycles. The molecule has 0 atom stereocenters. The Morgan fingerprint density at radius 3 is 2.64 bits per heavy atom. The maximum absolute atomic E-state index is 13.2. The maximum Gasteiger partial charge on any atom is 0.418 e. The summed E-state index contributed by atoms with van der Waals surface area (Å²) in [6, 6.07) is 2.39. The molecule has 0 unspecified atom stereocenters. The molecule has 6 nitrogen and oxygen atoms in total. The number of rotatable bonds is 3. The van der Waals surface area contributed by atoms with Gasteiger partial charge in [-0.1, -0.05) is 11.6 Å². The van der Waals surface area contributed by atoms with E-state index >= 15 is 0 Å². The van der Waals surface area contributed by atoms with Gasteiger partial charge in [0.1, 0.15) is 5.02 Å². The van der Waals surface area contributed by atoms with Crippen LogP contribution < -0.4 is 16.2 Å². The van der Waals surface area contributed by atoms with Crippen molar-refractivity contribution in [1.29, 1.82) is 0 Å². The lowest BCUT2D eigenvalue weighted by Gasteiger charge is -2.34. The van der Waals surface area contributed by atoms with Crippen LogP contribution in [0.4, 0.5) is 24.7 Å². The van der Waals surface area contributed by atoms with Gasteiger partial charge >= 0.3 is 6.18 Å².